The van der Waals surface area contributed by atoms with Crippen LogP contribution in [-0.2, 0) is 6.54 Å². The number of aliphatic hydroxyl groups excluding tert-OH is 1. The fourth-order valence-electron chi connectivity index (χ4n) is 3.71. The fraction of sp³-hybridized carbons (Fsp3) is 0.550. The first-order chi connectivity index (χ1) is 11.6. The number of hydrogen-bond acceptors (Lipinski definition) is 4. The van der Waals surface area contributed by atoms with Crippen molar-refractivity contribution in [2.75, 3.05) is 6.54 Å². The van der Waals surface area contributed by atoms with Crippen molar-refractivity contribution in [3.8, 4) is 0 Å². The van der Waals surface area contributed by atoms with Gasteiger partial charge in [-0.15, -0.1) is 0 Å². The van der Waals surface area contributed by atoms with Gasteiger partial charge in [-0.3, -0.25) is 4.90 Å². The van der Waals surface area contributed by atoms with E-state index in [1.165, 1.54) is 24.8 Å². The Bertz CT molecular complexity index is 619. The summed E-state index contributed by atoms with van der Waals surface area (Å²) in [5.41, 5.74) is 3.20. The minimum Gasteiger partial charge on any atom is -0.388 e. The van der Waals surface area contributed by atoms with Crippen molar-refractivity contribution in [2.24, 2.45) is 0 Å². The van der Waals surface area contributed by atoms with Crippen LogP contribution in [-0.4, -0.2) is 27.7 Å². The molecule has 1 N–H and O–H groups in total. The lowest BCUT2D eigenvalue weighted by Gasteiger charge is -2.31. The van der Waals surface area contributed by atoms with Crippen molar-refractivity contribution < 1.29 is 9.63 Å². The van der Waals surface area contributed by atoms with Crippen LogP contribution >= 0.6 is 0 Å². The Labute approximate surface area is 144 Å². The SMILES string of the molecule is Cc1noc(C)c1CN1CCCCCC1CC(O)c1ccccc1. The Balaban J connectivity index is 1.73. The summed E-state index contributed by atoms with van der Waals surface area (Å²) < 4.78 is 5.33. The Morgan fingerprint density at radius 1 is 1.21 bits per heavy atom. The molecule has 1 aliphatic rings. The third kappa shape index (κ3) is 4.05. The van der Waals surface area contributed by atoms with E-state index in [9.17, 15) is 5.11 Å². The highest BCUT2D eigenvalue weighted by Crippen LogP contribution is 2.28. The summed E-state index contributed by atoms with van der Waals surface area (Å²) in [7, 11) is 0. The second kappa shape index (κ2) is 7.95. The minimum atomic E-state index is -0.401. The molecular formula is C20H28N2O2. The number of aromatic nitrogens is 1. The second-order valence-corrected chi connectivity index (χ2v) is 6.94. The van der Waals surface area contributed by atoms with Crippen LogP contribution < -0.4 is 0 Å². The highest BCUT2D eigenvalue weighted by Gasteiger charge is 2.26. The molecule has 2 unspecified atom stereocenters. The van der Waals surface area contributed by atoms with E-state index in [4.69, 9.17) is 4.52 Å². The summed E-state index contributed by atoms with van der Waals surface area (Å²) >= 11 is 0. The van der Waals surface area contributed by atoms with Crippen LogP contribution in [0.3, 0.4) is 0 Å². The maximum absolute atomic E-state index is 10.7. The van der Waals surface area contributed by atoms with Crippen LogP contribution in [0.4, 0.5) is 0 Å². The van der Waals surface area contributed by atoms with E-state index in [1.54, 1.807) is 0 Å². The molecule has 1 saturated heterocycles. The maximum Gasteiger partial charge on any atom is 0.138 e. The normalized spacial score (nSPS) is 20.7. The molecule has 0 amide bonds. The van der Waals surface area contributed by atoms with Crippen LogP contribution in [0.2, 0.25) is 0 Å². The molecule has 2 atom stereocenters. The van der Waals surface area contributed by atoms with E-state index in [0.29, 0.717) is 6.04 Å². The van der Waals surface area contributed by atoms with Gasteiger partial charge >= 0.3 is 0 Å². The number of hydrogen-bond donors (Lipinski definition) is 1. The van der Waals surface area contributed by atoms with Crippen molar-refractivity contribution in [2.45, 2.75) is 64.6 Å². The van der Waals surface area contributed by atoms with Crippen molar-refractivity contribution in [3.05, 3.63) is 52.9 Å². The Hall–Kier alpha value is -1.65. The van der Waals surface area contributed by atoms with Gasteiger partial charge in [0, 0.05) is 18.2 Å². The second-order valence-electron chi connectivity index (χ2n) is 6.94. The molecule has 0 bridgehead atoms. The molecule has 130 valence electrons. The highest BCUT2D eigenvalue weighted by atomic mass is 16.5. The van der Waals surface area contributed by atoms with Crippen molar-refractivity contribution in [1.82, 2.24) is 10.1 Å². The number of likely N-dealkylation sites (tertiary alicyclic amines) is 1. The maximum atomic E-state index is 10.7. The predicted octanol–water partition coefficient (Wildman–Crippen LogP) is 4.16. The fourth-order valence-corrected chi connectivity index (χ4v) is 3.71. The molecule has 1 aromatic heterocycles. The summed E-state index contributed by atoms with van der Waals surface area (Å²) in [5, 5.41) is 14.7. The van der Waals surface area contributed by atoms with Crippen LogP contribution in [0.15, 0.2) is 34.9 Å². The van der Waals surface area contributed by atoms with Gasteiger partial charge in [-0.25, -0.2) is 0 Å². The average Bonchev–Trinajstić information content (AvgIpc) is 2.79. The van der Waals surface area contributed by atoms with E-state index in [0.717, 1.165) is 42.9 Å². The van der Waals surface area contributed by atoms with Gasteiger partial charge in [-0.05, 0) is 45.2 Å². The first-order valence-corrected chi connectivity index (χ1v) is 9.04. The van der Waals surface area contributed by atoms with Crippen LogP contribution in [0, 0.1) is 13.8 Å². The van der Waals surface area contributed by atoms with Gasteiger partial charge in [0.15, 0.2) is 0 Å². The molecular weight excluding hydrogens is 300 g/mol. The largest absolute Gasteiger partial charge is 0.388 e. The first kappa shape index (κ1) is 17.2. The lowest BCUT2D eigenvalue weighted by Crippen LogP contribution is -2.35. The molecule has 2 aromatic rings. The molecule has 4 heteroatoms. The third-order valence-electron chi connectivity index (χ3n) is 5.22. The highest BCUT2D eigenvalue weighted by molar-refractivity contribution is 5.21. The van der Waals surface area contributed by atoms with Gasteiger partial charge in [0.1, 0.15) is 5.76 Å². The third-order valence-corrected chi connectivity index (χ3v) is 5.22. The monoisotopic (exact) mass is 328 g/mol. The average molecular weight is 328 g/mol. The molecule has 0 radical (unpaired) electrons. The number of aliphatic hydroxyl groups is 1. The van der Waals surface area contributed by atoms with Gasteiger partial charge in [-0.2, -0.15) is 0 Å². The number of benzene rings is 1. The van der Waals surface area contributed by atoms with Crippen molar-refractivity contribution >= 4 is 0 Å². The minimum absolute atomic E-state index is 0.399. The number of nitrogens with zero attached hydrogens (tertiary/aromatic N) is 2. The molecule has 1 aliphatic heterocycles. The van der Waals surface area contributed by atoms with Gasteiger partial charge in [0.2, 0.25) is 0 Å². The molecule has 24 heavy (non-hydrogen) atoms. The van der Waals surface area contributed by atoms with E-state index in [1.807, 2.05) is 44.2 Å². The van der Waals surface area contributed by atoms with Crippen molar-refractivity contribution in [3.63, 3.8) is 0 Å². The van der Waals surface area contributed by atoms with Crippen LogP contribution in [0.5, 0.6) is 0 Å². The Kier molecular flexibility index (Phi) is 5.69. The summed E-state index contributed by atoms with van der Waals surface area (Å²) in [6.45, 7) is 5.95. The zero-order valence-corrected chi connectivity index (χ0v) is 14.7. The predicted molar refractivity (Wildman–Crippen MR) is 94.7 cm³/mol. The molecule has 0 saturated carbocycles. The Morgan fingerprint density at radius 3 is 2.71 bits per heavy atom. The summed E-state index contributed by atoms with van der Waals surface area (Å²) in [4.78, 5) is 2.52. The lowest BCUT2D eigenvalue weighted by atomic mass is 9.97. The van der Waals surface area contributed by atoms with E-state index < -0.39 is 6.10 Å². The standard InChI is InChI=1S/C20H28N2O2/c1-15-19(16(2)24-21-15)14-22-12-8-4-7-11-18(22)13-20(23)17-9-5-3-6-10-17/h3,5-6,9-10,18,20,23H,4,7-8,11-14H2,1-2H3. The summed E-state index contributed by atoms with van der Waals surface area (Å²) in [6.07, 6.45) is 5.27. The summed E-state index contributed by atoms with van der Waals surface area (Å²) in [5.74, 6) is 0.916. The lowest BCUT2D eigenvalue weighted by molar-refractivity contribution is 0.0972. The molecule has 1 fully saturated rings. The molecule has 0 spiro atoms. The van der Waals surface area contributed by atoms with E-state index in [2.05, 4.69) is 10.1 Å². The number of rotatable bonds is 5. The molecule has 2 heterocycles. The van der Waals surface area contributed by atoms with Gasteiger partial charge in [0.25, 0.3) is 0 Å². The van der Waals surface area contributed by atoms with Crippen LogP contribution in [0.25, 0.3) is 0 Å². The van der Waals surface area contributed by atoms with Crippen LogP contribution in [0.1, 0.15) is 60.8 Å². The van der Waals surface area contributed by atoms with E-state index in [-0.39, 0.29) is 0 Å². The number of aryl methyl sites for hydroxylation is 2. The van der Waals surface area contributed by atoms with Crippen molar-refractivity contribution in [1.29, 1.82) is 0 Å². The first-order valence-electron chi connectivity index (χ1n) is 9.04. The molecule has 0 aliphatic carbocycles. The topological polar surface area (TPSA) is 49.5 Å². The smallest absolute Gasteiger partial charge is 0.138 e. The molecule has 4 nitrogen and oxygen atoms in total. The molecule has 1 aromatic carbocycles. The van der Waals surface area contributed by atoms with Gasteiger partial charge in [-0.1, -0.05) is 48.3 Å². The zero-order valence-electron chi connectivity index (χ0n) is 14.7. The molecule has 3 rings (SSSR count). The Morgan fingerprint density at radius 2 is 2.00 bits per heavy atom. The van der Waals surface area contributed by atoms with Gasteiger partial charge < -0.3 is 9.63 Å². The quantitative estimate of drug-likeness (QED) is 0.895. The van der Waals surface area contributed by atoms with E-state index >= 15 is 0 Å². The van der Waals surface area contributed by atoms with Gasteiger partial charge in [0.05, 0.1) is 11.8 Å². The zero-order chi connectivity index (χ0) is 16.9. The summed E-state index contributed by atoms with van der Waals surface area (Å²) in [6, 6.07) is 10.4.